The van der Waals surface area contributed by atoms with E-state index in [0.29, 0.717) is 0 Å². The Morgan fingerprint density at radius 3 is 1.35 bits per heavy atom. The number of aromatic nitrogens is 2. The Labute approximate surface area is 365 Å². The molecule has 10 aromatic carbocycles. The fourth-order valence-electron chi connectivity index (χ4n) is 9.76. The average molecular weight is 823 g/mol. The summed E-state index contributed by atoms with van der Waals surface area (Å²) in [4.78, 5) is 10.6. The second-order valence-corrected chi connectivity index (χ2v) is 20.9. The Bertz CT molecular complexity index is 3510. The zero-order valence-corrected chi connectivity index (χ0v) is 35.6. The van der Waals surface area contributed by atoms with Gasteiger partial charge in [0.15, 0.2) is 13.9 Å². The Balaban J connectivity index is 1.02. The Morgan fingerprint density at radius 1 is 0.306 bits per heavy atom. The minimum absolute atomic E-state index is 0.737. The average Bonchev–Trinajstić information content (AvgIpc) is 3.74. The maximum Gasteiger partial charge on any atom is 0.179 e. The molecule has 62 heavy (non-hydrogen) atoms. The predicted molar refractivity (Wildman–Crippen MR) is 267 cm³/mol. The van der Waals surface area contributed by atoms with Crippen molar-refractivity contribution in [3.63, 3.8) is 0 Å². The summed E-state index contributed by atoms with van der Waals surface area (Å²) >= 11 is 1.77. The second kappa shape index (κ2) is 14.9. The molecule has 0 radical (unpaired) electrons. The van der Waals surface area contributed by atoms with Crippen molar-refractivity contribution in [2.24, 2.45) is 0 Å². The topological polar surface area (TPSA) is 25.8 Å². The molecule has 12 rings (SSSR count). The molecule has 2 heterocycles. The van der Waals surface area contributed by atoms with Crippen LogP contribution in [0.2, 0.25) is 0 Å². The minimum Gasteiger partial charge on any atom is -0.226 e. The van der Waals surface area contributed by atoms with E-state index in [4.69, 9.17) is 9.97 Å². The van der Waals surface area contributed by atoms with Gasteiger partial charge in [-0.05, 0) is 82.4 Å². The minimum atomic E-state index is -2.63. The van der Waals surface area contributed by atoms with Crippen molar-refractivity contribution in [2.45, 2.75) is 0 Å². The van der Waals surface area contributed by atoms with Crippen LogP contribution in [0.1, 0.15) is 0 Å². The fraction of sp³-hybridized carbons (Fsp3) is 0. The normalized spacial score (nSPS) is 11.9. The summed E-state index contributed by atoms with van der Waals surface area (Å²) in [5, 5.41) is 14.0. The van der Waals surface area contributed by atoms with Crippen LogP contribution in [0.3, 0.4) is 0 Å². The van der Waals surface area contributed by atoms with Gasteiger partial charge in [0.2, 0.25) is 0 Å². The van der Waals surface area contributed by atoms with Crippen LogP contribution in [0.15, 0.2) is 231 Å². The van der Waals surface area contributed by atoms with Gasteiger partial charge in [-0.15, -0.1) is 11.3 Å². The number of hydrogen-bond donors (Lipinski definition) is 0. The molecule has 0 atom stereocenters. The SMILES string of the molecule is c1ccc(-c2nc(-c3ccc4c5ccccc5c5cc(-c6ccc([Si](c7ccccc7)(c7ccccc7)c7ccccc7)cc6)ccc5c4c3)nc3c2sc2ccccc23)cc1. The lowest BCUT2D eigenvalue weighted by Crippen LogP contribution is -2.74. The molecule has 12 aromatic rings. The third kappa shape index (κ3) is 5.83. The van der Waals surface area contributed by atoms with E-state index in [2.05, 4.69) is 231 Å². The highest BCUT2D eigenvalue weighted by Gasteiger charge is 2.41. The molecule has 0 saturated carbocycles. The van der Waals surface area contributed by atoms with E-state index in [0.717, 1.165) is 32.9 Å². The van der Waals surface area contributed by atoms with Crippen LogP contribution in [-0.4, -0.2) is 18.0 Å². The third-order valence-electron chi connectivity index (χ3n) is 12.6. The summed E-state index contributed by atoms with van der Waals surface area (Å²) in [5.41, 5.74) is 6.47. The van der Waals surface area contributed by atoms with E-state index < -0.39 is 8.07 Å². The third-order valence-corrected chi connectivity index (χ3v) is 18.6. The number of benzene rings is 10. The molecule has 4 heteroatoms. The lowest BCUT2D eigenvalue weighted by Gasteiger charge is -2.34. The smallest absolute Gasteiger partial charge is 0.179 e. The van der Waals surface area contributed by atoms with Gasteiger partial charge in [-0.1, -0.05) is 212 Å². The summed E-state index contributed by atoms with van der Waals surface area (Å²) in [6.45, 7) is 0. The van der Waals surface area contributed by atoms with E-state index in [1.165, 1.54) is 74.3 Å². The highest BCUT2D eigenvalue weighted by atomic mass is 32.1. The van der Waals surface area contributed by atoms with Crippen LogP contribution >= 0.6 is 11.3 Å². The highest BCUT2D eigenvalue weighted by Crippen LogP contribution is 2.42. The molecule has 290 valence electrons. The Kier molecular flexibility index (Phi) is 8.73. The monoisotopic (exact) mass is 822 g/mol. The van der Waals surface area contributed by atoms with Crippen LogP contribution < -0.4 is 20.7 Å². The maximum absolute atomic E-state index is 5.32. The summed E-state index contributed by atoms with van der Waals surface area (Å²) in [6.07, 6.45) is 0. The van der Waals surface area contributed by atoms with Gasteiger partial charge >= 0.3 is 0 Å². The highest BCUT2D eigenvalue weighted by molar-refractivity contribution is 7.26. The zero-order valence-electron chi connectivity index (χ0n) is 33.7. The number of nitrogens with zero attached hydrogens (tertiary/aromatic N) is 2. The lowest BCUT2D eigenvalue weighted by atomic mass is 9.91. The van der Waals surface area contributed by atoms with Gasteiger partial charge in [0.05, 0.1) is 15.9 Å². The van der Waals surface area contributed by atoms with Gasteiger partial charge in [0.1, 0.15) is 0 Å². The van der Waals surface area contributed by atoms with Gasteiger partial charge in [0, 0.05) is 21.2 Å². The van der Waals surface area contributed by atoms with Gasteiger partial charge < -0.3 is 0 Å². The molecule has 0 amide bonds. The van der Waals surface area contributed by atoms with E-state index in [1.54, 1.807) is 11.3 Å². The quantitative estimate of drug-likeness (QED) is 0.0909. The molecule has 0 aliphatic rings. The maximum atomic E-state index is 5.32. The predicted octanol–water partition coefficient (Wildman–Crippen LogP) is 12.7. The van der Waals surface area contributed by atoms with Gasteiger partial charge in [-0.3, -0.25) is 0 Å². The van der Waals surface area contributed by atoms with Crippen molar-refractivity contribution < 1.29 is 0 Å². The van der Waals surface area contributed by atoms with E-state index in [9.17, 15) is 0 Å². The van der Waals surface area contributed by atoms with E-state index in [-0.39, 0.29) is 0 Å². The number of thiophene rings is 1. The largest absolute Gasteiger partial charge is 0.226 e. The van der Waals surface area contributed by atoms with Crippen LogP contribution in [0.4, 0.5) is 0 Å². The summed E-state index contributed by atoms with van der Waals surface area (Å²) < 4.78 is 2.34. The van der Waals surface area contributed by atoms with Gasteiger partial charge in [-0.25, -0.2) is 9.97 Å². The van der Waals surface area contributed by atoms with Crippen molar-refractivity contribution in [3.05, 3.63) is 231 Å². The van der Waals surface area contributed by atoms with Crippen LogP contribution in [0, 0.1) is 0 Å². The molecular weight excluding hydrogens is 785 g/mol. The zero-order chi connectivity index (χ0) is 41.0. The standard InChI is InChI=1S/C58H38N2SSi/c1-5-17-40(18-6-1)55-57-56(51-27-15-16-28-54(51)61-57)60-58(59-55)42-32-36-49-47-25-13-14-26-48(47)52-37-41(31-35-50(52)53(49)38-42)39-29-33-46(34-30-39)62(43-19-7-2-8-20-43,44-21-9-3-10-22-44)45-23-11-4-12-24-45/h1-38H. The first-order valence-corrected chi connectivity index (χ1v) is 24.0. The number of hydrogen-bond acceptors (Lipinski definition) is 3. The number of fused-ring (bicyclic) bond motifs is 9. The molecule has 0 spiro atoms. The fourth-order valence-corrected chi connectivity index (χ4v) is 15.7. The molecular formula is C58H38N2SSi. The molecule has 0 aliphatic carbocycles. The van der Waals surface area contributed by atoms with Crippen molar-refractivity contribution in [2.75, 3.05) is 0 Å². The molecule has 2 aromatic heterocycles. The second-order valence-electron chi connectivity index (χ2n) is 16.0. The summed E-state index contributed by atoms with van der Waals surface area (Å²) in [7, 11) is -2.63. The first-order valence-electron chi connectivity index (χ1n) is 21.1. The molecule has 0 aliphatic heterocycles. The summed E-state index contributed by atoms with van der Waals surface area (Å²) in [6, 6.07) is 84.5. The first kappa shape index (κ1) is 36.4. The Morgan fingerprint density at radius 2 is 0.742 bits per heavy atom. The van der Waals surface area contributed by atoms with E-state index in [1.807, 2.05) is 0 Å². The molecule has 0 unspecified atom stereocenters. The van der Waals surface area contributed by atoms with Crippen molar-refractivity contribution in [1.82, 2.24) is 9.97 Å². The first-order chi connectivity index (χ1) is 30.7. The van der Waals surface area contributed by atoms with Gasteiger partial charge in [0.25, 0.3) is 0 Å². The molecule has 0 saturated heterocycles. The van der Waals surface area contributed by atoms with Crippen molar-refractivity contribution in [1.29, 1.82) is 0 Å². The Hall–Kier alpha value is -7.50. The van der Waals surface area contributed by atoms with Crippen molar-refractivity contribution in [3.8, 4) is 33.8 Å². The molecule has 0 N–H and O–H groups in total. The van der Waals surface area contributed by atoms with Crippen LogP contribution in [-0.2, 0) is 0 Å². The van der Waals surface area contributed by atoms with E-state index >= 15 is 0 Å². The molecule has 2 nitrogen and oxygen atoms in total. The molecule has 0 fully saturated rings. The lowest BCUT2D eigenvalue weighted by molar-refractivity contribution is 1.24. The van der Waals surface area contributed by atoms with Crippen LogP contribution in [0.5, 0.6) is 0 Å². The summed E-state index contributed by atoms with van der Waals surface area (Å²) in [5.74, 6) is 0.737. The number of rotatable bonds is 7. The van der Waals surface area contributed by atoms with Crippen molar-refractivity contribution >= 4 is 92.8 Å². The van der Waals surface area contributed by atoms with Crippen LogP contribution in [0.25, 0.3) is 86.4 Å². The van der Waals surface area contributed by atoms with Gasteiger partial charge in [-0.2, -0.15) is 0 Å². The molecule has 0 bridgehead atoms.